The third-order valence-corrected chi connectivity index (χ3v) is 4.65. The summed E-state index contributed by atoms with van der Waals surface area (Å²) in [6, 6.07) is 27.9. The highest BCUT2D eigenvalue weighted by Gasteiger charge is 2.11. The first kappa shape index (κ1) is 13.3. The lowest BCUT2D eigenvalue weighted by molar-refractivity contribution is 1.18. The molecule has 2 nitrogen and oxygen atoms in total. The van der Waals surface area contributed by atoms with Crippen molar-refractivity contribution in [1.82, 2.24) is 9.55 Å². The van der Waals surface area contributed by atoms with Crippen LogP contribution in [0.3, 0.4) is 0 Å². The Hall–Kier alpha value is -3.13. The van der Waals surface area contributed by atoms with E-state index in [0.717, 1.165) is 11.2 Å². The molecule has 0 aliphatic heterocycles. The van der Waals surface area contributed by atoms with Crippen LogP contribution in [0.15, 0.2) is 78.9 Å². The van der Waals surface area contributed by atoms with Crippen LogP contribution in [0.25, 0.3) is 38.4 Å². The van der Waals surface area contributed by atoms with E-state index in [2.05, 4.69) is 88.4 Å². The van der Waals surface area contributed by atoms with Crippen LogP contribution in [-0.4, -0.2) is 9.55 Å². The molecule has 114 valence electrons. The Kier molecular flexibility index (Phi) is 2.74. The van der Waals surface area contributed by atoms with Gasteiger partial charge in [0.25, 0.3) is 0 Å². The zero-order valence-corrected chi connectivity index (χ0v) is 13.4. The average molecular weight is 308 g/mol. The van der Waals surface area contributed by atoms with Crippen molar-refractivity contribution in [2.75, 3.05) is 0 Å². The molecule has 2 heteroatoms. The van der Waals surface area contributed by atoms with Gasteiger partial charge in [0.05, 0.1) is 16.6 Å². The molecular weight excluding hydrogens is 292 g/mol. The molecule has 0 saturated heterocycles. The molecule has 2 aromatic heterocycles. The Labute approximate surface area is 140 Å². The van der Waals surface area contributed by atoms with Gasteiger partial charge in [-0.05, 0) is 43.3 Å². The number of aromatic nitrogens is 2. The fourth-order valence-electron chi connectivity index (χ4n) is 3.55. The number of rotatable bonds is 1. The number of hydrogen-bond acceptors (Lipinski definition) is 1. The summed E-state index contributed by atoms with van der Waals surface area (Å²) >= 11 is 0. The predicted molar refractivity (Wildman–Crippen MR) is 101 cm³/mol. The van der Waals surface area contributed by atoms with Gasteiger partial charge in [0.15, 0.2) is 0 Å². The highest BCUT2D eigenvalue weighted by Crippen LogP contribution is 2.32. The molecule has 0 radical (unpaired) electrons. The molecule has 5 aromatic rings. The van der Waals surface area contributed by atoms with E-state index in [4.69, 9.17) is 0 Å². The Bertz CT molecular complexity index is 1160. The van der Waals surface area contributed by atoms with Crippen molar-refractivity contribution >= 4 is 32.7 Å². The van der Waals surface area contributed by atoms with Crippen LogP contribution in [0.4, 0.5) is 0 Å². The van der Waals surface area contributed by atoms with Crippen molar-refractivity contribution in [3.63, 3.8) is 0 Å². The molecule has 0 fully saturated rings. The van der Waals surface area contributed by atoms with Gasteiger partial charge in [0.1, 0.15) is 0 Å². The number of para-hydroxylation sites is 2. The second-order valence-corrected chi connectivity index (χ2v) is 6.20. The Morgan fingerprint density at radius 1 is 0.708 bits per heavy atom. The summed E-state index contributed by atoms with van der Waals surface area (Å²) < 4.78 is 2.34. The molecule has 0 amide bonds. The molecular formula is C22H16N2. The molecule has 0 aliphatic carbocycles. The van der Waals surface area contributed by atoms with Gasteiger partial charge in [-0.1, -0.05) is 42.5 Å². The lowest BCUT2D eigenvalue weighted by atomic mass is 10.2. The van der Waals surface area contributed by atoms with E-state index >= 15 is 0 Å². The monoisotopic (exact) mass is 308 g/mol. The van der Waals surface area contributed by atoms with E-state index in [9.17, 15) is 0 Å². The molecule has 0 aliphatic rings. The zero-order valence-electron chi connectivity index (χ0n) is 13.4. The number of nitrogens with zero attached hydrogens (tertiary/aromatic N) is 2. The summed E-state index contributed by atoms with van der Waals surface area (Å²) in [7, 11) is 0. The van der Waals surface area contributed by atoms with E-state index < -0.39 is 0 Å². The molecule has 5 rings (SSSR count). The third-order valence-electron chi connectivity index (χ3n) is 4.65. The summed E-state index contributed by atoms with van der Waals surface area (Å²) in [5, 5.41) is 3.74. The van der Waals surface area contributed by atoms with E-state index in [1.165, 1.54) is 32.9 Å². The van der Waals surface area contributed by atoms with E-state index in [1.807, 2.05) is 6.92 Å². The van der Waals surface area contributed by atoms with E-state index in [-0.39, 0.29) is 0 Å². The number of pyridine rings is 1. The van der Waals surface area contributed by atoms with Gasteiger partial charge in [0, 0.05) is 27.5 Å². The van der Waals surface area contributed by atoms with Crippen LogP contribution in [0.1, 0.15) is 5.69 Å². The second-order valence-electron chi connectivity index (χ2n) is 6.20. The minimum absolute atomic E-state index is 1.04. The summed E-state index contributed by atoms with van der Waals surface area (Å²) in [6.07, 6.45) is 0. The quantitative estimate of drug-likeness (QED) is 0.392. The number of aryl methyl sites for hydroxylation is 1. The maximum atomic E-state index is 4.61. The molecule has 0 unspecified atom stereocenters. The number of fused-ring (bicyclic) bond motifs is 4. The fraction of sp³-hybridized carbons (Fsp3) is 0.0455. The van der Waals surface area contributed by atoms with Gasteiger partial charge in [-0.15, -0.1) is 0 Å². The topological polar surface area (TPSA) is 17.8 Å². The predicted octanol–water partition coefficient (Wildman–Crippen LogP) is 5.64. The van der Waals surface area contributed by atoms with Crippen molar-refractivity contribution < 1.29 is 0 Å². The second kappa shape index (κ2) is 4.93. The first-order valence-electron chi connectivity index (χ1n) is 8.17. The lowest BCUT2D eigenvalue weighted by Crippen LogP contribution is -1.94. The van der Waals surface area contributed by atoms with Crippen molar-refractivity contribution in [2.45, 2.75) is 6.92 Å². The van der Waals surface area contributed by atoms with Crippen molar-refractivity contribution in [3.05, 3.63) is 84.6 Å². The maximum absolute atomic E-state index is 4.61. The van der Waals surface area contributed by atoms with Crippen molar-refractivity contribution in [1.29, 1.82) is 0 Å². The van der Waals surface area contributed by atoms with Crippen LogP contribution < -0.4 is 0 Å². The van der Waals surface area contributed by atoms with Crippen LogP contribution in [0.2, 0.25) is 0 Å². The molecule has 0 bridgehead atoms. The molecule has 0 atom stereocenters. The standard InChI is InChI=1S/C22H16N2/c1-15-10-11-16-14-17(12-13-20(16)23-15)24-21-8-4-2-6-18(21)19-7-3-5-9-22(19)24/h2-14H,1H3. The van der Waals surface area contributed by atoms with E-state index in [1.54, 1.807) is 0 Å². The number of benzene rings is 3. The van der Waals surface area contributed by atoms with Crippen LogP contribution in [0, 0.1) is 6.92 Å². The molecule has 2 heterocycles. The van der Waals surface area contributed by atoms with Gasteiger partial charge in [-0.2, -0.15) is 0 Å². The Morgan fingerprint density at radius 3 is 2.08 bits per heavy atom. The van der Waals surface area contributed by atoms with Crippen molar-refractivity contribution in [3.8, 4) is 5.69 Å². The minimum atomic E-state index is 1.04. The molecule has 24 heavy (non-hydrogen) atoms. The molecule has 3 aromatic carbocycles. The zero-order chi connectivity index (χ0) is 16.1. The molecule has 0 saturated carbocycles. The van der Waals surface area contributed by atoms with E-state index in [0.29, 0.717) is 0 Å². The van der Waals surface area contributed by atoms with Gasteiger partial charge in [-0.3, -0.25) is 4.98 Å². The molecule has 0 spiro atoms. The van der Waals surface area contributed by atoms with Gasteiger partial charge in [0.2, 0.25) is 0 Å². The minimum Gasteiger partial charge on any atom is -0.309 e. The smallest absolute Gasteiger partial charge is 0.0706 e. The van der Waals surface area contributed by atoms with Gasteiger partial charge >= 0.3 is 0 Å². The van der Waals surface area contributed by atoms with Crippen LogP contribution in [0.5, 0.6) is 0 Å². The Morgan fingerprint density at radius 2 is 1.38 bits per heavy atom. The third kappa shape index (κ3) is 1.86. The number of hydrogen-bond donors (Lipinski definition) is 0. The normalized spacial score (nSPS) is 11.5. The largest absolute Gasteiger partial charge is 0.309 e. The summed E-state index contributed by atoms with van der Waals surface area (Å²) in [6.45, 7) is 2.03. The van der Waals surface area contributed by atoms with Crippen molar-refractivity contribution in [2.24, 2.45) is 0 Å². The molecule has 0 N–H and O–H groups in total. The highest BCUT2D eigenvalue weighted by molar-refractivity contribution is 6.09. The summed E-state index contributed by atoms with van der Waals surface area (Å²) in [5.74, 6) is 0. The van der Waals surface area contributed by atoms with Crippen LogP contribution in [-0.2, 0) is 0 Å². The lowest BCUT2D eigenvalue weighted by Gasteiger charge is -2.09. The first-order valence-corrected chi connectivity index (χ1v) is 8.17. The van der Waals surface area contributed by atoms with Gasteiger partial charge in [-0.25, -0.2) is 0 Å². The van der Waals surface area contributed by atoms with Gasteiger partial charge < -0.3 is 4.57 Å². The van der Waals surface area contributed by atoms with Crippen LogP contribution >= 0.6 is 0 Å². The Balaban J connectivity index is 1.89. The highest BCUT2D eigenvalue weighted by atomic mass is 15.0. The fourth-order valence-corrected chi connectivity index (χ4v) is 3.55. The summed E-state index contributed by atoms with van der Waals surface area (Å²) in [4.78, 5) is 4.61. The summed E-state index contributed by atoms with van der Waals surface area (Å²) in [5.41, 5.74) is 5.73. The SMILES string of the molecule is Cc1ccc2cc(-n3c4ccccc4c4ccccc43)ccc2n1. The first-order chi connectivity index (χ1) is 11.8. The average Bonchev–Trinajstić information content (AvgIpc) is 2.96. The maximum Gasteiger partial charge on any atom is 0.0706 e.